The fourth-order valence-corrected chi connectivity index (χ4v) is 1.59. The molecule has 0 saturated carbocycles. The standard InChI is InChI=1S/C14H23NO2/c1-10-5-12(13(17)6-11(10)2)7-15-8-14(3,4)9-16/h5-6,15-17H,7-9H2,1-4H3. The molecule has 0 bridgehead atoms. The van der Waals surface area contributed by atoms with Gasteiger partial charge in [-0.3, -0.25) is 0 Å². The van der Waals surface area contributed by atoms with Crippen molar-refractivity contribution in [1.82, 2.24) is 5.32 Å². The van der Waals surface area contributed by atoms with Gasteiger partial charge >= 0.3 is 0 Å². The maximum atomic E-state index is 9.81. The van der Waals surface area contributed by atoms with Crippen molar-refractivity contribution in [2.75, 3.05) is 13.2 Å². The monoisotopic (exact) mass is 237 g/mol. The molecule has 17 heavy (non-hydrogen) atoms. The summed E-state index contributed by atoms with van der Waals surface area (Å²) in [6.45, 7) is 9.52. The molecular formula is C14H23NO2. The van der Waals surface area contributed by atoms with E-state index in [1.54, 1.807) is 6.07 Å². The van der Waals surface area contributed by atoms with Crippen molar-refractivity contribution in [1.29, 1.82) is 0 Å². The fraction of sp³-hybridized carbons (Fsp3) is 0.571. The first-order valence-corrected chi connectivity index (χ1v) is 5.96. The molecule has 3 heteroatoms. The average molecular weight is 237 g/mol. The van der Waals surface area contributed by atoms with Crippen LogP contribution in [0.2, 0.25) is 0 Å². The Kier molecular flexibility index (Phi) is 4.54. The molecule has 0 aromatic heterocycles. The Morgan fingerprint density at radius 3 is 2.35 bits per heavy atom. The molecule has 0 saturated heterocycles. The molecule has 3 N–H and O–H groups in total. The van der Waals surface area contributed by atoms with Crippen LogP contribution in [0.15, 0.2) is 12.1 Å². The Bertz CT molecular complexity index is 386. The predicted octanol–water partition coefficient (Wildman–Crippen LogP) is 2.12. The summed E-state index contributed by atoms with van der Waals surface area (Å²) in [5.41, 5.74) is 3.06. The van der Waals surface area contributed by atoms with Crippen LogP contribution in [0.25, 0.3) is 0 Å². The lowest BCUT2D eigenvalue weighted by Gasteiger charge is -2.22. The Hall–Kier alpha value is -1.06. The highest BCUT2D eigenvalue weighted by Crippen LogP contribution is 2.22. The van der Waals surface area contributed by atoms with Gasteiger partial charge in [-0.15, -0.1) is 0 Å². The van der Waals surface area contributed by atoms with E-state index >= 15 is 0 Å². The lowest BCUT2D eigenvalue weighted by atomic mass is 9.95. The molecule has 0 amide bonds. The minimum absolute atomic E-state index is 0.130. The minimum Gasteiger partial charge on any atom is -0.508 e. The number of phenolic OH excluding ortho intramolecular Hbond substituents is 1. The van der Waals surface area contributed by atoms with Gasteiger partial charge < -0.3 is 15.5 Å². The van der Waals surface area contributed by atoms with Gasteiger partial charge in [-0.1, -0.05) is 19.9 Å². The third-order valence-electron chi connectivity index (χ3n) is 3.04. The van der Waals surface area contributed by atoms with Crippen molar-refractivity contribution in [3.05, 3.63) is 28.8 Å². The first-order valence-electron chi connectivity index (χ1n) is 5.96. The first kappa shape index (κ1) is 14.0. The van der Waals surface area contributed by atoms with Gasteiger partial charge in [0.2, 0.25) is 0 Å². The number of benzene rings is 1. The SMILES string of the molecule is Cc1cc(O)c(CNCC(C)(C)CO)cc1C. The molecule has 0 atom stereocenters. The highest BCUT2D eigenvalue weighted by Gasteiger charge is 2.15. The van der Waals surface area contributed by atoms with Gasteiger partial charge in [-0.25, -0.2) is 0 Å². The number of hydrogen-bond donors (Lipinski definition) is 3. The van der Waals surface area contributed by atoms with E-state index in [0.29, 0.717) is 12.3 Å². The van der Waals surface area contributed by atoms with E-state index in [1.165, 1.54) is 5.56 Å². The summed E-state index contributed by atoms with van der Waals surface area (Å²) in [6.07, 6.45) is 0. The van der Waals surface area contributed by atoms with Crippen LogP contribution in [-0.2, 0) is 6.54 Å². The van der Waals surface area contributed by atoms with Crippen LogP contribution < -0.4 is 5.32 Å². The third-order valence-corrected chi connectivity index (χ3v) is 3.04. The lowest BCUT2D eigenvalue weighted by Crippen LogP contribution is -2.31. The van der Waals surface area contributed by atoms with Crippen molar-refractivity contribution in [2.24, 2.45) is 5.41 Å². The smallest absolute Gasteiger partial charge is 0.120 e. The number of aliphatic hydroxyl groups excluding tert-OH is 1. The normalized spacial score (nSPS) is 11.8. The Labute approximate surface area is 103 Å². The number of aromatic hydroxyl groups is 1. The summed E-state index contributed by atoms with van der Waals surface area (Å²) in [6, 6.07) is 3.80. The zero-order valence-corrected chi connectivity index (χ0v) is 11.2. The van der Waals surface area contributed by atoms with Crippen LogP contribution >= 0.6 is 0 Å². The molecule has 1 rings (SSSR count). The highest BCUT2D eigenvalue weighted by atomic mass is 16.3. The van der Waals surface area contributed by atoms with Gasteiger partial charge in [0, 0.05) is 30.7 Å². The molecule has 0 fully saturated rings. The summed E-state index contributed by atoms with van der Waals surface area (Å²) < 4.78 is 0. The molecule has 0 heterocycles. The summed E-state index contributed by atoms with van der Waals surface area (Å²) in [5.74, 6) is 0.336. The maximum absolute atomic E-state index is 9.81. The molecule has 0 radical (unpaired) electrons. The van der Waals surface area contributed by atoms with Crippen molar-refractivity contribution in [3.8, 4) is 5.75 Å². The second-order valence-corrected chi connectivity index (χ2v) is 5.49. The molecule has 0 aliphatic carbocycles. The second-order valence-electron chi connectivity index (χ2n) is 5.49. The van der Waals surface area contributed by atoms with E-state index in [2.05, 4.69) is 5.32 Å². The molecule has 0 spiro atoms. The van der Waals surface area contributed by atoms with Gasteiger partial charge in [0.1, 0.15) is 5.75 Å². The molecule has 0 aliphatic rings. The van der Waals surface area contributed by atoms with Gasteiger partial charge in [0.05, 0.1) is 0 Å². The van der Waals surface area contributed by atoms with Crippen LogP contribution in [-0.4, -0.2) is 23.4 Å². The van der Waals surface area contributed by atoms with Gasteiger partial charge in [-0.05, 0) is 31.0 Å². The molecule has 0 unspecified atom stereocenters. The zero-order chi connectivity index (χ0) is 13.1. The quantitative estimate of drug-likeness (QED) is 0.735. The van der Waals surface area contributed by atoms with E-state index < -0.39 is 0 Å². The summed E-state index contributed by atoms with van der Waals surface area (Å²) in [4.78, 5) is 0. The second kappa shape index (κ2) is 5.52. The lowest BCUT2D eigenvalue weighted by molar-refractivity contribution is 0.156. The summed E-state index contributed by atoms with van der Waals surface area (Å²) >= 11 is 0. The number of phenols is 1. The van der Waals surface area contributed by atoms with Crippen molar-refractivity contribution >= 4 is 0 Å². The largest absolute Gasteiger partial charge is 0.508 e. The summed E-state index contributed by atoms with van der Waals surface area (Å²) in [5, 5.41) is 22.2. The van der Waals surface area contributed by atoms with E-state index in [9.17, 15) is 5.11 Å². The number of rotatable bonds is 5. The van der Waals surface area contributed by atoms with Gasteiger partial charge in [0.25, 0.3) is 0 Å². The summed E-state index contributed by atoms with van der Waals surface area (Å²) in [7, 11) is 0. The van der Waals surface area contributed by atoms with Crippen molar-refractivity contribution in [2.45, 2.75) is 34.2 Å². The van der Waals surface area contributed by atoms with Crippen LogP contribution in [0.4, 0.5) is 0 Å². The molecule has 1 aromatic carbocycles. The molecule has 0 aliphatic heterocycles. The van der Waals surface area contributed by atoms with Crippen LogP contribution in [0.3, 0.4) is 0 Å². The zero-order valence-electron chi connectivity index (χ0n) is 11.2. The van der Waals surface area contributed by atoms with Crippen molar-refractivity contribution in [3.63, 3.8) is 0 Å². The van der Waals surface area contributed by atoms with E-state index in [4.69, 9.17) is 5.11 Å². The molecular weight excluding hydrogens is 214 g/mol. The molecule has 3 nitrogen and oxygen atoms in total. The van der Waals surface area contributed by atoms with Gasteiger partial charge in [0.15, 0.2) is 0 Å². The Morgan fingerprint density at radius 2 is 1.76 bits per heavy atom. The highest BCUT2D eigenvalue weighted by molar-refractivity contribution is 5.40. The topological polar surface area (TPSA) is 52.5 Å². The molecule has 96 valence electrons. The van der Waals surface area contributed by atoms with E-state index in [1.807, 2.05) is 33.8 Å². The third kappa shape index (κ3) is 4.02. The maximum Gasteiger partial charge on any atom is 0.120 e. The number of aliphatic hydroxyl groups is 1. The van der Waals surface area contributed by atoms with Crippen LogP contribution in [0, 0.1) is 19.3 Å². The fourth-order valence-electron chi connectivity index (χ4n) is 1.59. The van der Waals surface area contributed by atoms with E-state index in [0.717, 1.165) is 17.7 Å². The predicted molar refractivity (Wildman–Crippen MR) is 70.2 cm³/mol. The number of nitrogens with one attached hydrogen (secondary N) is 1. The van der Waals surface area contributed by atoms with Crippen LogP contribution in [0.5, 0.6) is 5.75 Å². The van der Waals surface area contributed by atoms with E-state index in [-0.39, 0.29) is 12.0 Å². The Morgan fingerprint density at radius 1 is 1.18 bits per heavy atom. The van der Waals surface area contributed by atoms with Crippen LogP contribution in [0.1, 0.15) is 30.5 Å². The first-order chi connectivity index (χ1) is 7.85. The number of aryl methyl sites for hydroxylation is 2. The average Bonchev–Trinajstić information content (AvgIpc) is 2.25. The van der Waals surface area contributed by atoms with Gasteiger partial charge in [-0.2, -0.15) is 0 Å². The minimum atomic E-state index is -0.130. The van der Waals surface area contributed by atoms with Crippen molar-refractivity contribution < 1.29 is 10.2 Å². The molecule has 1 aromatic rings. The Balaban J connectivity index is 2.61. The number of hydrogen-bond acceptors (Lipinski definition) is 3.